The molecule has 0 aromatic rings. The maximum atomic E-state index is 8.25. The van der Waals surface area contributed by atoms with Crippen molar-refractivity contribution >= 4 is 0 Å². The Labute approximate surface area is 87.6 Å². The van der Waals surface area contributed by atoms with E-state index in [0.717, 1.165) is 0 Å². The first-order chi connectivity index (χ1) is 5.20. The van der Waals surface area contributed by atoms with Crippen molar-refractivity contribution in [1.29, 1.82) is 0 Å². The van der Waals surface area contributed by atoms with E-state index in [0.29, 0.717) is 0 Å². The van der Waals surface area contributed by atoms with E-state index >= 15 is 0 Å². The molecule has 83 valence electrons. The zero-order valence-electron chi connectivity index (χ0n) is 5.80. The Morgan fingerprint density at radius 3 is 0.571 bits per heavy atom. The molecular weight excluding hydrogens is 303 g/mol. The first-order valence-electron chi connectivity index (χ1n) is 1.64. The van der Waals surface area contributed by atoms with Crippen molar-refractivity contribution in [3.63, 3.8) is 0 Å². The van der Waals surface area contributed by atoms with Crippen LogP contribution < -0.4 is 6.15 Å². The minimum Gasteiger partial charge on any atom is -0.356 e. The third kappa shape index (κ3) is 260. The van der Waals surface area contributed by atoms with Gasteiger partial charge < -0.3 is 46.0 Å². The topological polar surface area (TPSA) is 229 Å². The van der Waals surface area contributed by atoms with Crippen molar-refractivity contribution in [1.82, 2.24) is 6.15 Å². The predicted molar refractivity (Wildman–Crippen MR) is 33.2 cm³/mol. The minimum absolute atomic E-state index is 0. The third-order valence-corrected chi connectivity index (χ3v) is 0. The molecule has 14 heteroatoms. The largest absolute Gasteiger partial charge is 3.00 e. The Balaban J connectivity index is -0.0000000270. The monoisotopic (exact) mass is 303 g/mol. The van der Waals surface area contributed by atoms with Gasteiger partial charge in [0.15, 0.2) is 0 Å². The molecule has 13 nitrogen and oxygen atoms in total. The number of rotatable bonds is 0. The smallest absolute Gasteiger partial charge is 0.356 e. The predicted octanol–water partition coefficient (Wildman–Crippen LogP) is -1.20. The van der Waals surface area contributed by atoms with Gasteiger partial charge >= 0.3 is 19.5 Å². The quantitative estimate of drug-likeness (QED) is 0.296. The number of hydrogen-bond acceptors (Lipinski definition) is 9. The fourth-order valence-corrected chi connectivity index (χ4v) is 0. The maximum absolute atomic E-state index is 8.25. The number of nitrogens with zero attached hydrogens (tertiary/aromatic N) is 4. The van der Waals surface area contributed by atoms with Crippen LogP contribution in [0.3, 0.4) is 0 Å². The minimum atomic E-state index is -1.75. The van der Waals surface area contributed by atoms with Crippen LogP contribution in [0.2, 0.25) is 0 Å². The summed E-state index contributed by atoms with van der Waals surface area (Å²) < 4.78 is 0. The van der Waals surface area contributed by atoms with Crippen LogP contribution in [0.15, 0.2) is 0 Å². The summed E-state index contributed by atoms with van der Waals surface area (Å²) in [5.41, 5.74) is 0. The average molecular weight is 303 g/mol. The molecular formula is N4O9Rh. The van der Waals surface area contributed by atoms with Gasteiger partial charge in [-0.1, -0.05) is 0 Å². The maximum Gasteiger partial charge on any atom is 3.00 e. The summed E-state index contributed by atoms with van der Waals surface area (Å²) >= 11 is 0. The van der Waals surface area contributed by atoms with Crippen LogP contribution in [0.1, 0.15) is 0 Å². The van der Waals surface area contributed by atoms with Gasteiger partial charge in [0, 0.05) is 6.15 Å². The average Bonchev–Trinajstić information content (AvgIpc) is 1.54. The van der Waals surface area contributed by atoms with E-state index in [1.54, 1.807) is 0 Å². The van der Waals surface area contributed by atoms with Crippen molar-refractivity contribution in [2.75, 3.05) is 0 Å². The van der Waals surface area contributed by atoms with Gasteiger partial charge in [0.05, 0.1) is 15.3 Å². The molecule has 0 saturated heterocycles. The van der Waals surface area contributed by atoms with Crippen LogP contribution in [0.25, 0.3) is 0 Å². The van der Waals surface area contributed by atoms with E-state index in [4.69, 9.17) is 46.0 Å². The van der Waals surface area contributed by atoms with Gasteiger partial charge in [-0.3, -0.25) is 0 Å². The van der Waals surface area contributed by atoms with E-state index in [2.05, 4.69) is 0 Å². The summed E-state index contributed by atoms with van der Waals surface area (Å²) in [5, 5.41) is 44.2. The van der Waals surface area contributed by atoms with Crippen LogP contribution in [-0.2, 0) is 19.5 Å². The molecule has 0 saturated carbocycles. The summed E-state index contributed by atoms with van der Waals surface area (Å²) in [5.74, 6) is 0. The third-order valence-electron chi connectivity index (χ3n) is 0. The molecule has 0 aliphatic carbocycles. The Morgan fingerprint density at radius 1 is 0.571 bits per heavy atom. The standard InChI is InChI=1S/3NO3.N.Rh/c3*2-1(3)4;;/q3*-1;;+3. The zero-order chi connectivity index (χ0) is 10.7. The van der Waals surface area contributed by atoms with Crippen molar-refractivity contribution < 1.29 is 34.7 Å². The van der Waals surface area contributed by atoms with Crippen molar-refractivity contribution in [3.8, 4) is 0 Å². The van der Waals surface area contributed by atoms with Crippen molar-refractivity contribution in [2.45, 2.75) is 0 Å². The molecule has 0 bridgehead atoms. The van der Waals surface area contributed by atoms with Crippen molar-refractivity contribution in [3.05, 3.63) is 46.0 Å². The van der Waals surface area contributed by atoms with Gasteiger partial charge in [-0.2, -0.15) is 0 Å². The first kappa shape index (κ1) is 29.5. The molecule has 0 aliphatic rings. The molecule has 0 fully saturated rings. The Bertz CT molecular complexity index is 114. The van der Waals surface area contributed by atoms with E-state index in [9.17, 15) is 0 Å². The van der Waals surface area contributed by atoms with Gasteiger partial charge in [0.2, 0.25) is 0 Å². The van der Waals surface area contributed by atoms with Crippen LogP contribution in [0.5, 0.6) is 0 Å². The second kappa shape index (κ2) is 22.5. The van der Waals surface area contributed by atoms with E-state index in [-0.39, 0.29) is 25.6 Å². The fraction of sp³-hybridized carbons (Fsp3) is 0. The second-order valence-corrected chi connectivity index (χ2v) is 0.671. The summed E-state index contributed by atoms with van der Waals surface area (Å²) in [6, 6.07) is 0. The fourth-order valence-electron chi connectivity index (χ4n) is 0. The molecule has 3 radical (unpaired) electrons. The van der Waals surface area contributed by atoms with Gasteiger partial charge in [-0.15, -0.1) is 0 Å². The molecule has 0 heterocycles. The van der Waals surface area contributed by atoms with E-state index in [1.807, 2.05) is 0 Å². The van der Waals surface area contributed by atoms with Crippen LogP contribution in [0.4, 0.5) is 0 Å². The molecule has 0 aromatic heterocycles. The molecule has 0 spiro atoms. The Hall–Kier alpha value is -1.82. The number of hydrogen-bond donors (Lipinski definition) is 0. The Kier molecular flexibility index (Phi) is 47.4. The first-order valence-corrected chi connectivity index (χ1v) is 1.64. The normalized spacial score (nSPS) is 5.14. The van der Waals surface area contributed by atoms with Crippen LogP contribution in [0, 0.1) is 46.0 Å². The SMILES string of the molecule is O=[N+]([O-])[O-].O=[N+]([O-])[O-].O=[N+]([O-])[O-].[N].[Rh+3]. The molecule has 14 heavy (non-hydrogen) atoms. The van der Waals surface area contributed by atoms with Gasteiger partial charge in [-0.25, -0.2) is 0 Å². The van der Waals surface area contributed by atoms with Crippen LogP contribution >= 0.6 is 0 Å². The van der Waals surface area contributed by atoms with Gasteiger partial charge in [0.25, 0.3) is 0 Å². The van der Waals surface area contributed by atoms with Gasteiger partial charge in [0.1, 0.15) is 0 Å². The molecule has 0 aliphatic heterocycles. The summed E-state index contributed by atoms with van der Waals surface area (Å²) in [6.07, 6.45) is 0. The molecule has 0 rings (SSSR count). The van der Waals surface area contributed by atoms with E-state index in [1.165, 1.54) is 0 Å². The molecule has 0 atom stereocenters. The summed E-state index contributed by atoms with van der Waals surface area (Å²) in [7, 11) is 0. The molecule has 0 aromatic carbocycles. The summed E-state index contributed by atoms with van der Waals surface area (Å²) in [4.78, 5) is 24.8. The molecule has 0 unspecified atom stereocenters. The molecule has 0 amide bonds. The molecule has 0 N–H and O–H groups in total. The van der Waals surface area contributed by atoms with Gasteiger partial charge in [-0.05, 0) is 0 Å². The zero-order valence-corrected chi connectivity index (χ0v) is 7.44. The summed E-state index contributed by atoms with van der Waals surface area (Å²) in [6.45, 7) is 0. The van der Waals surface area contributed by atoms with E-state index < -0.39 is 15.3 Å². The second-order valence-electron chi connectivity index (χ2n) is 0.671. The van der Waals surface area contributed by atoms with Crippen molar-refractivity contribution in [2.24, 2.45) is 0 Å². The van der Waals surface area contributed by atoms with Crippen LogP contribution in [-0.4, -0.2) is 15.3 Å². The Morgan fingerprint density at radius 2 is 0.571 bits per heavy atom.